The number of hydrogen-bond donors (Lipinski definition) is 2. The lowest BCUT2D eigenvalue weighted by Gasteiger charge is -2.08. The molecule has 0 aliphatic heterocycles. The van der Waals surface area contributed by atoms with Gasteiger partial charge in [0.05, 0.1) is 11.6 Å². The molecule has 0 spiro atoms. The normalized spacial score (nSPS) is 11.5. The molecule has 3 nitrogen and oxygen atoms in total. The number of phenolic OH excluding ortho intramolecular Hbond substituents is 1. The molecule has 0 radical (unpaired) electrons. The van der Waals surface area contributed by atoms with Crippen LogP contribution >= 0.6 is 0 Å². The fourth-order valence-corrected chi connectivity index (χ4v) is 1.01. The van der Waals surface area contributed by atoms with E-state index in [0.717, 1.165) is 12.1 Å². The maximum atomic E-state index is 12.6. The lowest BCUT2D eigenvalue weighted by atomic mass is 10.1. The maximum Gasteiger partial charge on any atom is 0.255 e. The summed E-state index contributed by atoms with van der Waals surface area (Å²) in [5.41, 5.74) is -0.00139. The molecule has 1 amide bonds. The summed E-state index contributed by atoms with van der Waals surface area (Å²) < 4.78 is 12.6. The highest BCUT2D eigenvalue weighted by Gasteiger charge is 2.12. The van der Waals surface area contributed by atoms with E-state index in [1.807, 2.05) is 0 Å². The molecule has 1 unspecified atom stereocenters. The Morgan fingerprint density at radius 1 is 1.67 bits per heavy atom. The molecule has 0 fully saturated rings. The topological polar surface area (TPSA) is 49.3 Å². The van der Waals surface area contributed by atoms with Crippen LogP contribution in [0.4, 0.5) is 4.39 Å². The third kappa shape index (κ3) is 2.71. The Morgan fingerprint density at radius 2 is 2.33 bits per heavy atom. The van der Waals surface area contributed by atoms with Gasteiger partial charge in [0.25, 0.3) is 5.91 Å². The number of phenols is 1. The van der Waals surface area contributed by atoms with Gasteiger partial charge >= 0.3 is 0 Å². The van der Waals surface area contributed by atoms with Crippen LogP contribution < -0.4 is 5.32 Å². The summed E-state index contributed by atoms with van der Waals surface area (Å²) >= 11 is 0. The second kappa shape index (κ2) is 4.47. The van der Waals surface area contributed by atoms with Crippen molar-refractivity contribution in [1.29, 1.82) is 0 Å². The molecule has 0 aliphatic carbocycles. The van der Waals surface area contributed by atoms with Crippen molar-refractivity contribution in [2.75, 3.05) is 0 Å². The van der Waals surface area contributed by atoms with Crippen molar-refractivity contribution in [3.05, 3.63) is 29.6 Å². The molecule has 0 saturated carbocycles. The van der Waals surface area contributed by atoms with Crippen LogP contribution in [0.15, 0.2) is 18.2 Å². The first-order chi connectivity index (χ1) is 7.04. The maximum absolute atomic E-state index is 12.6. The quantitative estimate of drug-likeness (QED) is 0.718. The van der Waals surface area contributed by atoms with Crippen LogP contribution in [0.2, 0.25) is 0 Å². The third-order valence-corrected chi connectivity index (χ3v) is 1.80. The Kier molecular flexibility index (Phi) is 3.29. The zero-order valence-corrected chi connectivity index (χ0v) is 8.12. The smallest absolute Gasteiger partial charge is 0.255 e. The average molecular weight is 207 g/mol. The van der Waals surface area contributed by atoms with E-state index in [4.69, 9.17) is 6.42 Å². The van der Waals surface area contributed by atoms with Crippen molar-refractivity contribution in [3.8, 4) is 18.1 Å². The van der Waals surface area contributed by atoms with E-state index in [9.17, 15) is 14.3 Å². The Hall–Kier alpha value is -2.02. The molecule has 0 saturated heterocycles. The SMILES string of the molecule is C#CC(C)NC(=O)c1ccc(F)cc1O. The van der Waals surface area contributed by atoms with Crippen LogP contribution in [0.3, 0.4) is 0 Å². The van der Waals surface area contributed by atoms with Crippen LogP contribution in [0.25, 0.3) is 0 Å². The second-order valence-corrected chi connectivity index (χ2v) is 3.02. The lowest BCUT2D eigenvalue weighted by molar-refractivity contribution is 0.0945. The van der Waals surface area contributed by atoms with Gasteiger partial charge in [0.1, 0.15) is 11.6 Å². The molecular formula is C11H10FNO2. The molecule has 1 aromatic carbocycles. The molecule has 0 heterocycles. The number of carbonyl (C=O) groups is 1. The van der Waals surface area contributed by atoms with E-state index in [1.165, 1.54) is 6.07 Å². The molecule has 0 aliphatic rings. The van der Waals surface area contributed by atoms with Gasteiger partial charge < -0.3 is 10.4 Å². The predicted molar refractivity (Wildman–Crippen MR) is 53.8 cm³/mol. The average Bonchev–Trinajstić information content (AvgIpc) is 2.17. The van der Waals surface area contributed by atoms with Crippen molar-refractivity contribution in [3.63, 3.8) is 0 Å². The monoisotopic (exact) mass is 207 g/mol. The fraction of sp³-hybridized carbons (Fsp3) is 0.182. The highest BCUT2D eigenvalue weighted by atomic mass is 19.1. The minimum atomic E-state index is -0.603. The Balaban J connectivity index is 2.88. The molecular weight excluding hydrogens is 197 g/mol. The number of amides is 1. The van der Waals surface area contributed by atoms with Crippen molar-refractivity contribution >= 4 is 5.91 Å². The largest absolute Gasteiger partial charge is 0.507 e. The van der Waals surface area contributed by atoms with Crippen molar-refractivity contribution < 1.29 is 14.3 Å². The van der Waals surface area contributed by atoms with E-state index < -0.39 is 23.5 Å². The summed E-state index contributed by atoms with van der Waals surface area (Å²) in [7, 11) is 0. The highest BCUT2D eigenvalue weighted by molar-refractivity contribution is 5.97. The molecule has 4 heteroatoms. The fourth-order valence-electron chi connectivity index (χ4n) is 1.01. The van der Waals surface area contributed by atoms with E-state index in [1.54, 1.807) is 6.92 Å². The van der Waals surface area contributed by atoms with Gasteiger partial charge in [-0.3, -0.25) is 4.79 Å². The first-order valence-corrected chi connectivity index (χ1v) is 4.30. The first kappa shape index (κ1) is 11.1. The van der Waals surface area contributed by atoms with Crippen molar-refractivity contribution in [2.24, 2.45) is 0 Å². The summed E-state index contributed by atoms with van der Waals surface area (Å²) in [6, 6.07) is 2.72. The summed E-state index contributed by atoms with van der Waals surface area (Å²) in [6.07, 6.45) is 5.07. The van der Waals surface area contributed by atoms with Crippen molar-refractivity contribution in [2.45, 2.75) is 13.0 Å². The predicted octanol–water partition coefficient (Wildman–Crippen LogP) is 1.28. The lowest BCUT2D eigenvalue weighted by Crippen LogP contribution is -2.31. The van der Waals surface area contributed by atoms with Gasteiger partial charge in [0.15, 0.2) is 0 Å². The first-order valence-electron chi connectivity index (χ1n) is 4.30. The zero-order chi connectivity index (χ0) is 11.4. The summed E-state index contributed by atoms with van der Waals surface area (Å²) in [6.45, 7) is 1.62. The molecule has 2 N–H and O–H groups in total. The Bertz CT molecular complexity index is 423. The van der Waals surface area contributed by atoms with Crippen LogP contribution in [-0.2, 0) is 0 Å². The number of halogens is 1. The Labute approximate surface area is 86.9 Å². The van der Waals surface area contributed by atoms with Gasteiger partial charge in [-0.05, 0) is 19.1 Å². The van der Waals surface area contributed by atoms with Crippen LogP contribution in [0.1, 0.15) is 17.3 Å². The van der Waals surface area contributed by atoms with Gasteiger partial charge in [-0.1, -0.05) is 5.92 Å². The summed E-state index contributed by atoms with van der Waals surface area (Å²) in [5.74, 6) is 0.771. The van der Waals surface area contributed by atoms with Crippen LogP contribution in [-0.4, -0.2) is 17.1 Å². The molecule has 78 valence electrons. The molecule has 0 bridgehead atoms. The van der Waals surface area contributed by atoms with E-state index in [0.29, 0.717) is 0 Å². The number of nitrogens with one attached hydrogen (secondary N) is 1. The van der Waals surface area contributed by atoms with Gasteiger partial charge in [-0.15, -0.1) is 6.42 Å². The summed E-state index contributed by atoms with van der Waals surface area (Å²) in [4.78, 5) is 11.5. The number of benzene rings is 1. The third-order valence-electron chi connectivity index (χ3n) is 1.80. The molecule has 1 atom stereocenters. The minimum Gasteiger partial charge on any atom is -0.507 e. The minimum absolute atomic E-state index is 0.00139. The summed E-state index contributed by atoms with van der Waals surface area (Å²) in [5, 5.41) is 11.7. The number of hydrogen-bond acceptors (Lipinski definition) is 2. The van der Waals surface area contributed by atoms with E-state index in [-0.39, 0.29) is 5.56 Å². The number of terminal acetylenes is 1. The standard InChI is InChI=1S/C11H10FNO2/c1-3-7(2)13-11(15)9-5-4-8(12)6-10(9)14/h1,4-7,14H,2H3,(H,13,15). The van der Waals surface area contributed by atoms with Crippen LogP contribution in [0, 0.1) is 18.2 Å². The molecule has 15 heavy (non-hydrogen) atoms. The second-order valence-electron chi connectivity index (χ2n) is 3.02. The Morgan fingerprint density at radius 3 is 2.87 bits per heavy atom. The van der Waals surface area contributed by atoms with E-state index >= 15 is 0 Å². The zero-order valence-electron chi connectivity index (χ0n) is 8.12. The highest BCUT2D eigenvalue weighted by Crippen LogP contribution is 2.17. The van der Waals surface area contributed by atoms with Gasteiger partial charge in [0.2, 0.25) is 0 Å². The molecule has 1 aromatic rings. The number of rotatable bonds is 2. The van der Waals surface area contributed by atoms with Gasteiger partial charge in [-0.2, -0.15) is 0 Å². The molecule has 0 aromatic heterocycles. The molecule has 1 rings (SSSR count). The van der Waals surface area contributed by atoms with Gasteiger partial charge in [0, 0.05) is 6.07 Å². The van der Waals surface area contributed by atoms with Crippen molar-refractivity contribution in [1.82, 2.24) is 5.32 Å². The van der Waals surface area contributed by atoms with E-state index in [2.05, 4.69) is 11.2 Å². The number of aromatic hydroxyl groups is 1. The number of carbonyl (C=O) groups excluding carboxylic acids is 1. The van der Waals surface area contributed by atoms with Gasteiger partial charge in [-0.25, -0.2) is 4.39 Å². The van der Waals surface area contributed by atoms with Crippen LogP contribution in [0.5, 0.6) is 5.75 Å².